The molecule has 0 spiro atoms. The number of piperazine rings is 1. The van der Waals surface area contributed by atoms with Gasteiger partial charge in [0.15, 0.2) is 0 Å². The molecule has 0 saturated carbocycles. The molecule has 1 fully saturated rings. The van der Waals surface area contributed by atoms with Crippen LogP contribution < -0.4 is 11.1 Å². The van der Waals surface area contributed by atoms with Gasteiger partial charge in [-0.2, -0.15) is 0 Å². The van der Waals surface area contributed by atoms with Gasteiger partial charge in [0.25, 0.3) is 0 Å². The molecule has 1 unspecified atom stereocenters. The van der Waals surface area contributed by atoms with Crippen molar-refractivity contribution in [2.45, 2.75) is 46.5 Å². The van der Waals surface area contributed by atoms with Crippen molar-refractivity contribution in [3.63, 3.8) is 0 Å². The van der Waals surface area contributed by atoms with Crippen LogP contribution in [0, 0.1) is 19.8 Å². The van der Waals surface area contributed by atoms with E-state index in [1.165, 1.54) is 22.4 Å². The summed E-state index contributed by atoms with van der Waals surface area (Å²) in [5, 5.41) is 4.18. The van der Waals surface area contributed by atoms with E-state index >= 15 is 0 Å². The summed E-state index contributed by atoms with van der Waals surface area (Å²) in [5.41, 5.74) is 11.0. The minimum absolute atomic E-state index is 0.0531. The lowest BCUT2D eigenvalue weighted by Gasteiger charge is -2.34. The molecule has 1 atom stereocenters. The first-order valence-corrected chi connectivity index (χ1v) is 13.6. The van der Waals surface area contributed by atoms with Crippen LogP contribution in [0.5, 0.6) is 0 Å². The van der Waals surface area contributed by atoms with Crippen LogP contribution in [0.3, 0.4) is 0 Å². The highest BCUT2D eigenvalue weighted by molar-refractivity contribution is 7.19. The van der Waals surface area contributed by atoms with Gasteiger partial charge in [0, 0.05) is 49.7 Å². The number of hydrogen-bond donors (Lipinski definition) is 2. The van der Waals surface area contributed by atoms with Crippen LogP contribution in [-0.4, -0.2) is 64.9 Å². The summed E-state index contributed by atoms with van der Waals surface area (Å²) in [6.45, 7) is 11.4. The van der Waals surface area contributed by atoms with Crippen molar-refractivity contribution in [3.8, 4) is 0 Å². The minimum atomic E-state index is 0.0531. The largest absolute Gasteiger partial charge is 0.383 e. The maximum atomic E-state index is 12.6. The van der Waals surface area contributed by atoms with Crippen LogP contribution in [-0.2, 0) is 24.1 Å². The summed E-state index contributed by atoms with van der Waals surface area (Å²) in [6.07, 6.45) is 4.25. The maximum Gasteiger partial charge on any atom is 0.238 e. The van der Waals surface area contributed by atoms with E-state index in [9.17, 15) is 4.79 Å². The molecule has 8 heteroatoms. The van der Waals surface area contributed by atoms with Crippen LogP contribution in [0.2, 0.25) is 0 Å². The summed E-state index contributed by atoms with van der Waals surface area (Å²) in [5.74, 6) is 2.28. The highest BCUT2D eigenvalue weighted by Gasteiger charge is 2.24. The molecule has 35 heavy (non-hydrogen) atoms. The number of carbonyl (C=O) groups is 1. The second kappa shape index (κ2) is 10.2. The summed E-state index contributed by atoms with van der Waals surface area (Å²) in [4.78, 5) is 29.3. The monoisotopic (exact) mass is 492 g/mol. The van der Waals surface area contributed by atoms with Gasteiger partial charge in [0.2, 0.25) is 5.91 Å². The Balaban J connectivity index is 1.12. The third kappa shape index (κ3) is 5.34. The molecule has 1 saturated heterocycles. The molecule has 1 aliphatic carbocycles. The van der Waals surface area contributed by atoms with Gasteiger partial charge in [-0.15, -0.1) is 11.3 Å². The SMILES string of the molecule is Cc1cccc(NC(=O)CN2CCN(CCc3nc(N)c4c5c(sc4n3)CC(C)CC5)CC2)c1C. The molecule has 0 bridgehead atoms. The molecule has 0 radical (unpaired) electrons. The topological polar surface area (TPSA) is 87.4 Å². The van der Waals surface area contributed by atoms with Gasteiger partial charge in [-0.05, 0) is 61.8 Å². The highest BCUT2D eigenvalue weighted by atomic mass is 32.1. The number of nitrogens with one attached hydrogen (secondary N) is 1. The van der Waals surface area contributed by atoms with Crippen molar-refractivity contribution >= 4 is 39.0 Å². The van der Waals surface area contributed by atoms with E-state index in [1.807, 2.05) is 30.4 Å². The third-order valence-electron chi connectivity index (χ3n) is 7.59. The second-order valence-corrected chi connectivity index (χ2v) is 11.3. The van der Waals surface area contributed by atoms with Crippen LogP contribution in [0.25, 0.3) is 10.2 Å². The van der Waals surface area contributed by atoms with Crippen molar-refractivity contribution in [1.82, 2.24) is 19.8 Å². The van der Waals surface area contributed by atoms with Gasteiger partial charge in [-0.25, -0.2) is 9.97 Å². The van der Waals surface area contributed by atoms with Gasteiger partial charge >= 0.3 is 0 Å². The number of rotatable bonds is 6. The molecule has 5 rings (SSSR count). The Morgan fingerprint density at radius 3 is 2.74 bits per heavy atom. The Morgan fingerprint density at radius 2 is 1.94 bits per heavy atom. The van der Waals surface area contributed by atoms with E-state index in [0.717, 1.165) is 85.2 Å². The molecule has 1 amide bonds. The molecule has 3 aromatic rings. The molecule has 7 nitrogen and oxygen atoms in total. The van der Waals surface area contributed by atoms with Crippen molar-refractivity contribution in [3.05, 3.63) is 45.6 Å². The van der Waals surface area contributed by atoms with Crippen LogP contribution >= 0.6 is 11.3 Å². The molecule has 2 aromatic heterocycles. The molecule has 3 N–H and O–H groups in total. The molecule has 1 aliphatic heterocycles. The Kier molecular flexibility index (Phi) is 7.05. The second-order valence-electron chi connectivity index (χ2n) is 10.2. The van der Waals surface area contributed by atoms with Gasteiger partial charge in [0.1, 0.15) is 16.5 Å². The predicted octanol–water partition coefficient (Wildman–Crippen LogP) is 3.81. The Bertz CT molecular complexity index is 1230. The summed E-state index contributed by atoms with van der Waals surface area (Å²) in [7, 11) is 0. The minimum Gasteiger partial charge on any atom is -0.383 e. The van der Waals surface area contributed by atoms with E-state index in [1.54, 1.807) is 0 Å². The number of aromatic nitrogens is 2. The van der Waals surface area contributed by atoms with Gasteiger partial charge in [0.05, 0.1) is 11.9 Å². The molecule has 186 valence electrons. The number of benzene rings is 1. The third-order valence-corrected chi connectivity index (χ3v) is 8.74. The molecule has 3 heterocycles. The zero-order chi connectivity index (χ0) is 24.5. The summed E-state index contributed by atoms with van der Waals surface area (Å²) in [6, 6.07) is 6.02. The van der Waals surface area contributed by atoms with Crippen molar-refractivity contribution < 1.29 is 4.79 Å². The molecule has 2 aliphatic rings. The first-order chi connectivity index (χ1) is 16.9. The molecular formula is C27H36N6OS. The van der Waals surface area contributed by atoms with Crippen LogP contribution in [0.15, 0.2) is 18.2 Å². The number of nitrogens with zero attached hydrogens (tertiary/aromatic N) is 4. The number of amides is 1. The number of fused-ring (bicyclic) bond motifs is 3. The smallest absolute Gasteiger partial charge is 0.238 e. The fraction of sp³-hybridized carbons (Fsp3) is 0.519. The first-order valence-electron chi connectivity index (χ1n) is 12.7. The average molecular weight is 493 g/mol. The van der Waals surface area contributed by atoms with E-state index in [0.29, 0.717) is 12.4 Å². The number of nitrogens with two attached hydrogens (primary N) is 1. The quantitative estimate of drug-likeness (QED) is 0.544. The standard InChI is InChI=1S/C27H36N6OS/c1-17-7-8-20-22(15-17)35-27-25(20)26(28)30-23(31-27)9-10-32-11-13-33(14-12-32)16-24(34)29-21-6-4-5-18(2)19(21)3/h4-6,17H,7-16H2,1-3H3,(H,29,34)(H2,28,30,31). The normalized spacial score (nSPS) is 19.1. The Morgan fingerprint density at radius 1 is 1.17 bits per heavy atom. The summed E-state index contributed by atoms with van der Waals surface area (Å²) < 4.78 is 0. The highest BCUT2D eigenvalue weighted by Crippen LogP contribution is 2.39. The lowest BCUT2D eigenvalue weighted by molar-refractivity contribution is -0.117. The number of anilines is 2. The fourth-order valence-electron chi connectivity index (χ4n) is 5.24. The van der Waals surface area contributed by atoms with E-state index < -0.39 is 0 Å². The molecule has 1 aromatic carbocycles. The zero-order valence-electron chi connectivity index (χ0n) is 21.1. The van der Waals surface area contributed by atoms with Crippen LogP contribution in [0.1, 0.15) is 40.7 Å². The Hall–Kier alpha value is -2.55. The van der Waals surface area contributed by atoms with Gasteiger partial charge < -0.3 is 16.0 Å². The van der Waals surface area contributed by atoms with Crippen LogP contribution in [0.4, 0.5) is 11.5 Å². The molecular weight excluding hydrogens is 456 g/mol. The number of carbonyl (C=O) groups excluding carboxylic acids is 1. The van der Waals surface area contributed by atoms with Crippen molar-refractivity contribution in [1.29, 1.82) is 0 Å². The number of thiophene rings is 1. The van der Waals surface area contributed by atoms with E-state index in [2.05, 4.69) is 40.0 Å². The van der Waals surface area contributed by atoms with Crippen molar-refractivity contribution in [2.24, 2.45) is 5.92 Å². The lowest BCUT2D eigenvalue weighted by Crippen LogP contribution is -2.49. The fourth-order valence-corrected chi connectivity index (χ4v) is 6.65. The first kappa shape index (κ1) is 24.2. The number of hydrogen-bond acceptors (Lipinski definition) is 7. The summed E-state index contributed by atoms with van der Waals surface area (Å²) >= 11 is 1.81. The van der Waals surface area contributed by atoms with Gasteiger partial charge in [-0.1, -0.05) is 19.1 Å². The zero-order valence-corrected chi connectivity index (χ0v) is 21.9. The van der Waals surface area contributed by atoms with E-state index in [-0.39, 0.29) is 5.91 Å². The lowest BCUT2D eigenvalue weighted by atomic mass is 9.89. The number of aryl methyl sites for hydroxylation is 2. The Labute approximate surface area is 211 Å². The maximum absolute atomic E-state index is 12.6. The van der Waals surface area contributed by atoms with E-state index in [4.69, 9.17) is 10.7 Å². The average Bonchev–Trinajstić information content (AvgIpc) is 3.19. The van der Waals surface area contributed by atoms with Gasteiger partial charge in [-0.3, -0.25) is 9.69 Å². The predicted molar refractivity (Wildman–Crippen MR) is 144 cm³/mol. The number of nitrogen functional groups attached to an aromatic ring is 1. The van der Waals surface area contributed by atoms with Crippen molar-refractivity contribution in [2.75, 3.05) is 50.3 Å².